The molecule has 0 spiro atoms. The lowest BCUT2D eigenvalue weighted by molar-refractivity contribution is -0.127. The van der Waals surface area contributed by atoms with Crippen LogP contribution in [0.25, 0.3) is 0 Å². The van der Waals surface area contributed by atoms with Gasteiger partial charge in [-0.1, -0.05) is 18.2 Å². The van der Waals surface area contributed by atoms with Gasteiger partial charge in [0.25, 0.3) is 5.91 Å². The molecule has 6 heteroatoms. The molecule has 3 heterocycles. The zero-order valence-electron chi connectivity index (χ0n) is 15.8. The van der Waals surface area contributed by atoms with Crippen molar-refractivity contribution in [2.75, 3.05) is 26.2 Å². The Hall–Kier alpha value is -2.05. The number of likely N-dealkylation sites (tertiary alicyclic amines) is 2. The first-order valence-corrected chi connectivity index (χ1v) is 10.1. The van der Waals surface area contributed by atoms with E-state index in [0.29, 0.717) is 12.6 Å². The Balaban J connectivity index is 1.29. The van der Waals surface area contributed by atoms with E-state index in [9.17, 15) is 4.79 Å². The molecule has 1 aromatic heterocycles. The van der Waals surface area contributed by atoms with E-state index in [1.165, 1.54) is 25.9 Å². The minimum absolute atomic E-state index is 0.0115. The second-order valence-corrected chi connectivity index (χ2v) is 7.60. The van der Waals surface area contributed by atoms with E-state index < -0.39 is 0 Å². The standard InChI is InChI=1S/C21H28N4O2/c26-21(25-13-3-4-19(25)15-24-11-1-2-12-24)17-5-7-20(8-6-17)27-16-18-14-22-9-10-23-18/h5-7,9-10,14,19-20H,1-4,8,11-13,15-16H2. The van der Waals surface area contributed by atoms with Crippen LogP contribution in [-0.4, -0.2) is 64.0 Å². The molecule has 2 atom stereocenters. The van der Waals surface area contributed by atoms with Crippen LogP contribution in [0.15, 0.2) is 42.4 Å². The summed E-state index contributed by atoms with van der Waals surface area (Å²) in [4.78, 5) is 25.9. The summed E-state index contributed by atoms with van der Waals surface area (Å²) in [6.07, 6.45) is 16.5. The van der Waals surface area contributed by atoms with Crippen molar-refractivity contribution in [2.24, 2.45) is 0 Å². The van der Waals surface area contributed by atoms with Gasteiger partial charge < -0.3 is 14.5 Å². The van der Waals surface area contributed by atoms with Crippen molar-refractivity contribution in [1.82, 2.24) is 19.8 Å². The number of rotatable bonds is 6. The van der Waals surface area contributed by atoms with E-state index in [0.717, 1.165) is 43.6 Å². The highest BCUT2D eigenvalue weighted by atomic mass is 16.5. The zero-order valence-corrected chi connectivity index (χ0v) is 15.8. The molecule has 1 aromatic rings. The molecule has 2 saturated heterocycles. The quantitative estimate of drug-likeness (QED) is 0.771. The fourth-order valence-electron chi connectivity index (χ4n) is 4.20. The van der Waals surface area contributed by atoms with Crippen molar-refractivity contribution in [3.05, 3.63) is 48.1 Å². The highest BCUT2D eigenvalue weighted by Crippen LogP contribution is 2.24. The van der Waals surface area contributed by atoms with Gasteiger partial charge in [-0.25, -0.2) is 0 Å². The van der Waals surface area contributed by atoms with E-state index in [-0.39, 0.29) is 12.0 Å². The van der Waals surface area contributed by atoms with E-state index in [1.54, 1.807) is 18.6 Å². The Morgan fingerprint density at radius 3 is 2.81 bits per heavy atom. The van der Waals surface area contributed by atoms with Crippen LogP contribution < -0.4 is 0 Å². The Morgan fingerprint density at radius 1 is 1.19 bits per heavy atom. The Bertz CT molecular complexity index is 697. The number of aromatic nitrogens is 2. The molecule has 1 aliphatic carbocycles. The Morgan fingerprint density at radius 2 is 2.07 bits per heavy atom. The summed E-state index contributed by atoms with van der Waals surface area (Å²) >= 11 is 0. The van der Waals surface area contributed by atoms with E-state index in [1.807, 2.05) is 18.2 Å². The van der Waals surface area contributed by atoms with Crippen LogP contribution in [0.2, 0.25) is 0 Å². The van der Waals surface area contributed by atoms with Gasteiger partial charge in [-0.05, 0) is 45.2 Å². The van der Waals surface area contributed by atoms with Crippen LogP contribution in [0.1, 0.15) is 37.8 Å². The maximum Gasteiger partial charge on any atom is 0.253 e. The number of ether oxygens (including phenoxy) is 1. The number of hydrogen-bond acceptors (Lipinski definition) is 5. The summed E-state index contributed by atoms with van der Waals surface area (Å²) in [6.45, 7) is 4.73. The van der Waals surface area contributed by atoms with Gasteiger partial charge in [0, 0.05) is 37.1 Å². The largest absolute Gasteiger partial charge is 0.367 e. The molecule has 2 fully saturated rings. The van der Waals surface area contributed by atoms with Gasteiger partial charge in [0.1, 0.15) is 0 Å². The highest BCUT2D eigenvalue weighted by Gasteiger charge is 2.32. The lowest BCUT2D eigenvalue weighted by Crippen LogP contribution is -2.43. The van der Waals surface area contributed by atoms with Crippen molar-refractivity contribution in [3.8, 4) is 0 Å². The fraction of sp³-hybridized carbons (Fsp3) is 0.571. The lowest BCUT2D eigenvalue weighted by Gasteiger charge is -2.29. The van der Waals surface area contributed by atoms with Crippen LogP contribution in [0.3, 0.4) is 0 Å². The number of carbonyl (C=O) groups excluding carboxylic acids is 1. The zero-order chi connectivity index (χ0) is 18.5. The molecule has 0 aromatic carbocycles. The molecule has 3 aliphatic rings. The number of hydrogen-bond donors (Lipinski definition) is 0. The molecule has 2 unspecified atom stereocenters. The second kappa shape index (κ2) is 8.76. The smallest absolute Gasteiger partial charge is 0.253 e. The van der Waals surface area contributed by atoms with Crippen LogP contribution >= 0.6 is 0 Å². The first kappa shape index (κ1) is 18.3. The average Bonchev–Trinajstić information content (AvgIpc) is 3.40. The van der Waals surface area contributed by atoms with Gasteiger partial charge in [-0.3, -0.25) is 14.8 Å². The minimum Gasteiger partial charge on any atom is -0.367 e. The summed E-state index contributed by atoms with van der Waals surface area (Å²) in [5.41, 5.74) is 1.63. The van der Waals surface area contributed by atoms with E-state index in [2.05, 4.69) is 19.8 Å². The predicted molar refractivity (Wildman–Crippen MR) is 103 cm³/mol. The lowest BCUT2D eigenvalue weighted by atomic mass is 10.0. The SMILES string of the molecule is O=C(C1=CCC(OCc2cnccn2)C=C1)N1CCCC1CN1CCCC1. The number of nitrogens with zero attached hydrogens (tertiary/aromatic N) is 4. The molecule has 1 amide bonds. The molecular weight excluding hydrogens is 340 g/mol. The van der Waals surface area contributed by atoms with Gasteiger partial charge in [0.05, 0.1) is 24.6 Å². The predicted octanol–water partition coefficient (Wildman–Crippen LogP) is 2.33. The van der Waals surface area contributed by atoms with Gasteiger partial charge >= 0.3 is 0 Å². The Labute approximate surface area is 160 Å². The molecule has 0 bridgehead atoms. The van der Waals surface area contributed by atoms with Gasteiger partial charge in [0.2, 0.25) is 0 Å². The summed E-state index contributed by atoms with van der Waals surface area (Å²) in [5, 5.41) is 0. The molecule has 0 saturated carbocycles. The second-order valence-electron chi connectivity index (χ2n) is 7.60. The molecule has 0 N–H and O–H groups in total. The van der Waals surface area contributed by atoms with Crippen LogP contribution in [0, 0.1) is 0 Å². The Kier molecular flexibility index (Phi) is 5.94. The van der Waals surface area contributed by atoms with Crippen LogP contribution in [0.5, 0.6) is 0 Å². The summed E-state index contributed by atoms with van der Waals surface area (Å²) in [6, 6.07) is 0.371. The molecule has 27 heavy (non-hydrogen) atoms. The maximum absolute atomic E-state index is 13.0. The summed E-state index contributed by atoms with van der Waals surface area (Å²) in [5.74, 6) is 0.181. The van der Waals surface area contributed by atoms with Crippen molar-refractivity contribution < 1.29 is 9.53 Å². The molecule has 6 nitrogen and oxygen atoms in total. The normalized spacial score (nSPS) is 25.8. The van der Waals surface area contributed by atoms with Crippen molar-refractivity contribution in [2.45, 2.75) is 50.9 Å². The van der Waals surface area contributed by atoms with Gasteiger partial charge in [-0.15, -0.1) is 0 Å². The van der Waals surface area contributed by atoms with E-state index in [4.69, 9.17) is 4.74 Å². The van der Waals surface area contributed by atoms with Gasteiger partial charge in [-0.2, -0.15) is 0 Å². The molecular formula is C21H28N4O2. The highest BCUT2D eigenvalue weighted by molar-refractivity contribution is 5.96. The molecule has 2 aliphatic heterocycles. The fourth-order valence-corrected chi connectivity index (χ4v) is 4.20. The van der Waals surface area contributed by atoms with Crippen molar-refractivity contribution >= 4 is 5.91 Å². The van der Waals surface area contributed by atoms with Crippen molar-refractivity contribution in [3.63, 3.8) is 0 Å². The number of amides is 1. The molecule has 4 rings (SSSR count). The topological polar surface area (TPSA) is 58.6 Å². The summed E-state index contributed by atoms with van der Waals surface area (Å²) < 4.78 is 5.87. The first-order chi connectivity index (χ1) is 13.3. The third-order valence-electron chi connectivity index (χ3n) is 5.68. The van der Waals surface area contributed by atoms with Crippen LogP contribution in [-0.2, 0) is 16.1 Å². The molecule has 144 valence electrons. The van der Waals surface area contributed by atoms with Gasteiger partial charge in [0.15, 0.2) is 0 Å². The number of carbonyl (C=O) groups is 1. The van der Waals surface area contributed by atoms with E-state index >= 15 is 0 Å². The summed E-state index contributed by atoms with van der Waals surface area (Å²) in [7, 11) is 0. The third kappa shape index (κ3) is 4.62. The minimum atomic E-state index is -0.0115. The molecule has 0 radical (unpaired) electrons. The van der Waals surface area contributed by atoms with Crippen molar-refractivity contribution in [1.29, 1.82) is 0 Å². The van der Waals surface area contributed by atoms with Crippen LogP contribution in [0.4, 0.5) is 0 Å². The third-order valence-corrected chi connectivity index (χ3v) is 5.68. The average molecular weight is 368 g/mol. The maximum atomic E-state index is 13.0. The first-order valence-electron chi connectivity index (χ1n) is 10.1. The monoisotopic (exact) mass is 368 g/mol.